The van der Waals surface area contributed by atoms with E-state index in [9.17, 15) is 13.6 Å². The third kappa shape index (κ3) is 4.10. The lowest BCUT2D eigenvalue weighted by atomic mass is 10.2. The molecule has 0 saturated carbocycles. The fourth-order valence-electron chi connectivity index (χ4n) is 2.98. The molecule has 0 radical (unpaired) electrons. The highest BCUT2D eigenvalue weighted by Gasteiger charge is 2.24. The summed E-state index contributed by atoms with van der Waals surface area (Å²) in [5.74, 6) is -1.08. The van der Waals surface area contributed by atoms with E-state index in [2.05, 4.69) is 25.3 Å². The van der Waals surface area contributed by atoms with Gasteiger partial charge in [-0.1, -0.05) is 6.07 Å². The number of hydrogen-bond acceptors (Lipinski definition) is 7. The van der Waals surface area contributed by atoms with E-state index >= 15 is 0 Å². The molecule has 1 fully saturated rings. The number of rotatable bonds is 4. The molecular formula is C19H17F2N7O. The molecule has 0 unspecified atom stereocenters. The molecule has 1 aliphatic heterocycles. The number of benzene rings is 1. The molecule has 1 amide bonds. The summed E-state index contributed by atoms with van der Waals surface area (Å²) < 4.78 is 27.4. The average molecular weight is 397 g/mol. The molecule has 3 heterocycles. The molecule has 29 heavy (non-hydrogen) atoms. The molecule has 0 bridgehead atoms. The van der Waals surface area contributed by atoms with Gasteiger partial charge in [0, 0.05) is 51.0 Å². The van der Waals surface area contributed by atoms with Crippen LogP contribution in [0.4, 0.5) is 26.4 Å². The van der Waals surface area contributed by atoms with E-state index in [1.807, 2.05) is 4.90 Å². The molecule has 2 aromatic heterocycles. The lowest BCUT2D eigenvalue weighted by Gasteiger charge is -2.34. The fourth-order valence-corrected chi connectivity index (χ4v) is 2.98. The van der Waals surface area contributed by atoms with Gasteiger partial charge in [-0.3, -0.25) is 4.79 Å². The number of hydrogen-bond donors (Lipinski definition) is 1. The normalized spacial score (nSPS) is 14.0. The quantitative estimate of drug-likeness (QED) is 0.723. The molecule has 0 aliphatic carbocycles. The zero-order valence-corrected chi connectivity index (χ0v) is 15.3. The number of piperazine rings is 1. The van der Waals surface area contributed by atoms with Gasteiger partial charge in [0.25, 0.3) is 5.91 Å². The number of nitrogens with zero attached hydrogens (tertiary/aromatic N) is 6. The van der Waals surface area contributed by atoms with E-state index in [0.717, 1.165) is 12.1 Å². The van der Waals surface area contributed by atoms with Crippen LogP contribution in [0.2, 0.25) is 0 Å². The third-order valence-corrected chi connectivity index (χ3v) is 4.50. The molecule has 3 aromatic rings. The summed E-state index contributed by atoms with van der Waals surface area (Å²) >= 11 is 0. The number of carbonyl (C=O) groups is 1. The molecule has 10 heteroatoms. The standard InChI is InChI=1S/C19H17F2N7O/c20-14-3-1-4-15(21)16(14)26-18-24-11-13(12-25-18)17(29)27-7-9-28(10-8-27)19-22-5-2-6-23-19/h1-6,11-12H,7-10H2,(H,24,25,26). The van der Waals surface area contributed by atoms with Crippen molar-refractivity contribution in [3.63, 3.8) is 0 Å². The predicted octanol–water partition coefficient (Wildman–Crippen LogP) is 2.25. The smallest absolute Gasteiger partial charge is 0.257 e. The Morgan fingerprint density at radius 2 is 1.52 bits per heavy atom. The van der Waals surface area contributed by atoms with E-state index in [1.165, 1.54) is 18.5 Å². The molecular weight excluding hydrogens is 380 g/mol. The van der Waals surface area contributed by atoms with Gasteiger partial charge in [-0.05, 0) is 18.2 Å². The Kier molecular flexibility index (Phi) is 5.23. The first-order chi connectivity index (χ1) is 14.1. The van der Waals surface area contributed by atoms with Crippen molar-refractivity contribution < 1.29 is 13.6 Å². The number of amides is 1. The number of aromatic nitrogens is 4. The van der Waals surface area contributed by atoms with Crippen molar-refractivity contribution in [3.05, 3.63) is 66.3 Å². The van der Waals surface area contributed by atoms with E-state index in [1.54, 1.807) is 23.4 Å². The van der Waals surface area contributed by atoms with Crippen LogP contribution in [0.25, 0.3) is 0 Å². The number of carbonyl (C=O) groups excluding carboxylic acids is 1. The number of para-hydroxylation sites is 1. The summed E-state index contributed by atoms with van der Waals surface area (Å²) in [5, 5.41) is 2.49. The second kappa shape index (κ2) is 8.13. The molecule has 8 nitrogen and oxygen atoms in total. The Bertz CT molecular complexity index is 973. The van der Waals surface area contributed by atoms with E-state index < -0.39 is 11.6 Å². The summed E-state index contributed by atoms with van der Waals surface area (Å²) in [6.07, 6.45) is 6.03. The van der Waals surface area contributed by atoms with Gasteiger partial charge in [0.05, 0.1) is 5.56 Å². The Morgan fingerprint density at radius 1 is 0.897 bits per heavy atom. The zero-order chi connectivity index (χ0) is 20.2. The lowest BCUT2D eigenvalue weighted by molar-refractivity contribution is 0.0745. The third-order valence-electron chi connectivity index (χ3n) is 4.50. The minimum absolute atomic E-state index is 0.00315. The van der Waals surface area contributed by atoms with Crippen LogP contribution in [-0.4, -0.2) is 56.9 Å². The Hall–Kier alpha value is -3.69. The molecule has 0 atom stereocenters. The molecule has 1 saturated heterocycles. The van der Waals surface area contributed by atoms with Gasteiger partial charge in [-0.2, -0.15) is 0 Å². The van der Waals surface area contributed by atoms with Gasteiger partial charge in [-0.15, -0.1) is 0 Å². The molecule has 1 N–H and O–H groups in total. The summed E-state index contributed by atoms with van der Waals surface area (Å²) in [4.78, 5) is 32.8. The maximum atomic E-state index is 13.7. The van der Waals surface area contributed by atoms with Crippen molar-refractivity contribution in [2.75, 3.05) is 36.4 Å². The number of halogens is 2. The van der Waals surface area contributed by atoms with Gasteiger partial charge >= 0.3 is 0 Å². The summed E-state index contributed by atoms with van der Waals surface area (Å²) in [5.41, 5.74) is -0.0419. The van der Waals surface area contributed by atoms with Gasteiger partial charge in [0.2, 0.25) is 11.9 Å². The maximum Gasteiger partial charge on any atom is 0.257 e. The molecule has 148 valence electrons. The molecule has 0 spiro atoms. The van der Waals surface area contributed by atoms with Crippen molar-refractivity contribution in [3.8, 4) is 0 Å². The SMILES string of the molecule is O=C(c1cnc(Nc2c(F)cccc2F)nc1)N1CCN(c2ncccn2)CC1. The minimum Gasteiger partial charge on any atom is -0.337 e. The van der Waals surface area contributed by atoms with Crippen LogP contribution < -0.4 is 10.2 Å². The summed E-state index contributed by atoms with van der Waals surface area (Å²) in [7, 11) is 0. The van der Waals surface area contributed by atoms with Crippen LogP contribution in [0.5, 0.6) is 0 Å². The van der Waals surface area contributed by atoms with Crippen LogP contribution in [0.1, 0.15) is 10.4 Å². The maximum absolute atomic E-state index is 13.7. The van der Waals surface area contributed by atoms with Gasteiger partial charge in [0.15, 0.2) is 0 Å². The van der Waals surface area contributed by atoms with E-state index in [4.69, 9.17) is 0 Å². The Morgan fingerprint density at radius 3 is 2.14 bits per heavy atom. The first-order valence-corrected chi connectivity index (χ1v) is 8.96. The van der Waals surface area contributed by atoms with E-state index in [-0.39, 0.29) is 17.5 Å². The predicted molar refractivity (Wildman–Crippen MR) is 102 cm³/mol. The first kappa shape index (κ1) is 18.7. The van der Waals surface area contributed by atoms with Crippen LogP contribution in [0.15, 0.2) is 49.1 Å². The summed E-state index contributed by atoms with van der Waals surface area (Å²) in [6, 6.07) is 5.28. The molecule has 4 rings (SSSR count). The molecule has 1 aliphatic rings. The minimum atomic E-state index is -0.756. The Labute approximate surface area is 165 Å². The van der Waals surface area contributed by atoms with Crippen molar-refractivity contribution in [1.82, 2.24) is 24.8 Å². The number of anilines is 3. The van der Waals surface area contributed by atoms with Crippen molar-refractivity contribution >= 4 is 23.5 Å². The Balaban J connectivity index is 1.39. The van der Waals surface area contributed by atoms with Crippen LogP contribution >= 0.6 is 0 Å². The lowest BCUT2D eigenvalue weighted by Crippen LogP contribution is -2.49. The highest BCUT2D eigenvalue weighted by atomic mass is 19.1. The van der Waals surface area contributed by atoms with Crippen LogP contribution in [0.3, 0.4) is 0 Å². The van der Waals surface area contributed by atoms with Crippen molar-refractivity contribution in [2.45, 2.75) is 0 Å². The van der Waals surface area contributed by atoms with Gasteiger partial charge in [0.1, 0.15) is 17.3 Å². The molecule has 1 aromatic carbocycles. The highest BCUT2D eigenvalue weighted by Crippen LogP contribution is 2.21. The largest absolute Gasteiger partial charge is 0.337 e. The fraction of sp³-hybridized carbons (Fsp3) is 0.211. The van der Waals surface area contributed by atoms with E-state index in [0.29, 0.717) is 37.7 Å². The first-order valence-electron chi connectivity index (χ1n) is 8.96. The van der Waals surface area contributed by atoms with Crippen LogP contribution in [0, 0.1) is 11.6 Å². The van der Waals surface area contributed by atoms with Crippen molar-refractivity contribution in [1.29, 1.82) is 0 Å². The second-order valence-electron chi connectivity index (χ2n) is 6.35. The summed E-state index contributed by atoms with van der Waals surface area (Å²) in [6.45, 7) is 2.25. The topological polar surface area (TPSA) is 87.1 Å². The average Bonchev–Trinajstić information content (AvgIpc) is 2.77. The second-order valence-corrected chi connectivity index (χ2v) is 6.35. The monoisotopic (exact) mass is 397 g/mol. The number of nitrogens with one attached hydrogen (secondary N) is 1. The van der Waals surface area contributed by atoms with Gasteiger partial charge in [-0.25, -0.2) is 28.7 Å². The highest BCUT2D eigenvalue weighted by molar-refractivity contribution is 5.93. The van der Waals surface area contributed by atoms with Gasteiger partial charge < -0.3 is 15.1 Å². The zero-order valence-electron chi connectivity index (χ0n) is 15.3. The van der Waals surface area contributed by atoms with Crippen molar-refractivity contribution in [2.24, 2.45) is 0 Å². The van der Waals surface area contributed by atoms with Crippen LogP contribution in [-0.2, 0) is 0 Å².